The molecule has 0 saturated heterocycles. The average molecular weight is 777 g/mol. The van der Waals surface area contributed by atoms with Crippen LogP contribution in [0.1, 0.15) is 27.7 Å². The molecular formula is C33H64N10O11. The molecule has 0 aliphatic rings. The molecule has 0 aromatic rings. The topological polar surface area (TPSA) is 258 Å². The number of carboxylic acids is 1. The summed E-state index contributed by atoms with van der Waals surface area (Å²) < 4.78 is 0. The number of nitrogens with zero attached hydrogens (tertiary/aromatic N) is 6. The highest BCUT2D eigenvalue weighted by Gasteiger charge is 2.20. The van der Waals surface area contributed by atoms with Crippen LogP contribution >= 0.6 is 0 Å². The number of carboxylic acid groups (broad SMARTS) is 1. The lowest BCUT2D eigenvalue weighted by atomic mass is 10.3. The van der Waals surface area contributed by atoms with E-state index in [0.717, 1.165) is 14.7 Å². The lowest BCUT2D eigenvalue weighted by Gasteiger charge is -2.23. The van der Waals surface area contributed by atoms with Gasteiger partial charge in [0.2, 0.25) is 41.4 Å². The van der Waals surface area contributed by atoms with Crippen LogP contribution in [0, 0.1) is 0 Å². The van der Waals surface area contributed by atoms with Crippen molar-refractivity contribution in [2.45, 2.75) is 33.7 Å². The van der Waals surface area contributed by atoms with Gasteiger partial charge in [0.1, 0.15) is 12.6 Å². The zero-order valence-electron chi connectivity index (χ0n) is 34.0. The Bertz CT molecular complexity index is 1190. The molecule has 21 heteroatoms. The van der Waals surface area contributed by atoms with E-state index >= 15 is 0 Å². The van der Waals surface area contributed by atoms with Crippen molar-refractivity contribution >= 4 is 59.9 Å². The van der Waals surface area contributed by atoms with Gasteiger partial charge in [-0.15, -0.1) is 0 Å². The molecule has 0 aromatic carbocycles. The summed E-state index contributed by atoms with van der Waals surface area (Å²) in [6, 6.07) is 0.121. The number of likely N-dealkylation sites (N-methyl/N-ethyl adjacent to an activating group) is 7. The zero-order chi connectivity index (χ0) is 43.0. The van der Waals surface area contributed by atoms with Crippen LogP contribution in [0.15, 0.2) is 0 Å². The second-order valence-corrected chi connectivity index (χ2v) is 11.9. The zero-order valence-corrected chi connectivity index (χ0v) is 34.0. The van der Waals surface area contributed by atoms with Crippen molar-refractivity contribution in [3.8, 4) is 0 Å². The molecule has 0 aliphatic carbocycles. The number of amides is 7. The van der Waals surface area contributed by atoms with Gasteiger partial charge in [-0.05, 0) is 21.1 Å². The molecule has 0 heterocycles. The lowest BCUT2D eigenvalue weighted by molar-refractivity contribution is -0.141. The number of rotatable bonds is 21. The fraction of sp³-hybridized carbons (Fsp3) is 0.697. The van der Waals surface area contributed by atoms with E-state index in [-0.39, 0.29) is 70.2 Å². The molecule has 5 N–H and O–H groups in total. The molecule has 0 aliphatic heterocycles. The number of aldehydes is 2. The molecule has 0 fully saturated rings. The first-order valence-electron chi connectivity index (χ1n) is 17.0. The molecular weight excluding hydrogens is 712 g/mol. The van der Waals surface area contributed by atoms with E-state index in [4.69, 9.17) is 5.11 Å². The number of carbonyl (C=O) groups is 10. The van der Waals surface area contributed by atoms with Gasteiger partial charge in [-0.2, -0.15) is 0 Å². The summed E-state index contributed by atoms with van der Waals surface area (Å²) in [6.07, 6.45) is 1.23. The Morgan fingerprint density at radius 2 is 0.963 bits per heavy atom. The Morgan fingerprint density at radius 3 is 1.31 bits per heavy atom. The van der Waals surface area contributed by atoms with Crippen molar-refractivity contribution in [2.75, 3.05) is 122 Å². The van der Waals surface area contributed by atoms with Crippen molar-refractivity contribution in [2.24, 2.45) is 0 Å². The van der Waals surface area contributed by atoms with Crippen LogP contribution in [-0.2, 0) is 47.9 Å². The molecule has 21 nitrogen and oxygen atoms in total. The minimum atomic E-state index is -0.822. The van der Waals surface area contributed by atoms with Crippen LogP contribution in [0.3, 0.4) is 0 Å². The molecule has 0 saturated carbocycles. The van der Waals surface area contributed by atoms with Crippen molar-refractivity contribution < 1.29 is 53.1 Å². The summed E-state index contributed by atoms with van der Waals surface area (Å²) in [7, 11) is 12.5. The van der Waals surface area contributed by atoms with Gasteiger partial charge in [0, 0.05) is 41.3 Å². The summed E-state index contributed by atoms with van der Waals surface area (Å²) >= 11 is 0. The third-order valence-electron chi connectivity index (χ3n) is 6.24. The molecule has 0 spiro atoms. The van der Waals surface area contributed by atoms with Crippen molar-refractivity contribution in [3.05, 3.63) is 0 Å². The smallest absolute Gasteiger partial charge is 0.317 e. The average Bonchev–Trinajstić information content (AvgIpc) is 3.09. The van der Waals surface area contributed by atoms with E-state index in [1.165, 1.54) is 38.0 Å². The first-order chi connectivity index (χ1) is 25.1. The number of carbonyl (C=O) groups excluding carboxylic acids is 9. The van der Waals surface area contributed by atoms with Gasteiger partial charge in [0.05, 0.1) is 65.4 Å². The van der Waals surface area contributed by atoms with Gasteiger partial charge in [-0.3, -0.25) is 38.4 Å². The maximum atomic E-state index is 12.3. The van der Waals surface area contributed by atoms with Crippen molar-refractivity contribution in [1.82, 2.24) is 50.7 Å². The Balaban J connectivity index is -0.000000536. The quantitative estimate of drug-likeness (QED) is 0.0693. The van der Waals surface area contributed by atoms with Crippen molar-refractivity contribution in [3.63, 3.8) is 0 Å². The van der Waals surface area contributed by atoms with Crippen LogP contribution < -0.4 is 21.3 Å². The molecule has 0 radical (unpaired) electrons. The summed E-state index contributed by atoms with van der Waals surface area (Å²) in [5.74, 6) is -3.75. The molecule has 0 unspecified atom stereocenters. The number of aliphatic carboxylic acids is 1. The Labute approximate surface area is 319 Å². The van der Waals surface area contributed by atoms with Crippen LogP contribution in [0.5, 0.6) is 0 Å². The van der Waals surface area contributed by atoms with E-state index in [1.807, 2.05) is 41.8 Å². The fourth-order valence-electron chi connectivity index (χ4n) is 3.19. The lowest BCUT2D eigenvalue weighted by Crippen LogP contribution is -2.48. The first-order valence-corrected chi connectivity index (χ1v) is 17.0. The van der Waals surface area contributed by atoms with Gasteiger partial charge in [0.15, 0.2) is 0 Å². The minimum Gasteiger partial charge on any atom is -0.480 e. The standard InChI is InChI=1S/C21H37N7O7.C7H14N2O2.C3H7NO2.C2H6/c1-15(2)23-9-18(32)27(5)13-21(35)26(4)12-17(31)24-10-19(33)28(6)14-20(34)25(3)11-16(30)22-7-8-29;1-8(2)6-7(11)9(3)4-5-10;1-4-2-3(5)6;1-2/h8,15,23H,7,9-14H2,1-6H3,(H,22,30)(H,24,31);5H,4,6H2,1-3H3;4H,2H2,1H3,(H,5,6);1-2H3. The molecule has 0 aromatic heterocycles. The third kappa shape index (κ3) is 32.9. The highest BCUT2D eigenvalue weighted by Crippen LogP contribution is 1.94. The first kappa shape index (κ1) is 55.7. The van der Waals surface area contributed by atoms with Crippen molar-refractivity contribution in [1.29, 1.82) is 0 Å². The Kier molecular flexibility index (Phi) is 34.9. The molecule has 0 rings (SSSR count). The highest BCUT2D eigenvalue weighted by molar-refractivity contribution is 5.92. The second kappa shape index (κ2) is 33.8. The van der Waals surface area contributed by atoms with Gasteiger partial charge in [-0.1, -0.05) is 27.7 Å². The molecule has 0 atom stereocenters. The number of hydrogen-bond acceptors (Lipinski definition) is 13. The van der Waals surface area contributed by atoms with E-state index in [1.54, 1.807) is 19.0 Å². The van der Waals surface area contributed by atoms with Gasteiger partial charge in [0.25, 0.3) is 0 Å². The van der Waals surface area contributed by atoms with Crippen LogP contribution in [0.25, 0.3) is 0 Å². The van der Waals surface area contributed by atoms with Crippen LogP contribution in [0.4, 0.5) is 0 Å². The van der Waals surface area contributed by atoms with E-state index in [9.17, 15) is 47.9 Å². The second-order valence-electron chi connectivity index (χ2n) is 11.9. The highest BCUT2D eigenvalue weighted by atomic mass is 16.4. The van der Waals surface area contributed by atoms with Crippen LogP contribution in [-0.4, -0.2) is 222 Å². The normalized spacial score (nSPS) is 9.67. The summed E-state index contributed by atoms with van der Waals surface area (Å²) in [6.45, 7) is 6.76. The predicted octanol–water partition coefficient (Wildman–Crippen LogP) is -4.23. The van der Waals surface area contributed by atoms with E-state index in [0.29, 0.717) is 19.1 Å². The molecule has 7 amide bonds. The Morgan fingerprint density at radius 1 is 0.556 bits per heavy atom. The monoisotopic (exact) mass is 776 g/mol. The summed E-state index contributed by atoms with van der Waals surface area (Å²) in [5, 5.41) is 18.0. The Hall–Kier alpha value is -5.02. The molecule has 54 heavy (non-hydrogen) atoms. The maximum Gasteiger partial charge on any atom is 0.317 e. The molecule has 0 bridgehead atoms. The summed E-state index contributed by atoms with van der Waals surface area (Å²) in [4.78, 5) is 121. The number of nitrogens with one attached hydrogen (secondary N) is 4. The summed E-state index contributed by atoms with van der Waals surface area (Å²) in [5.41, 5.74) is 0. The van der Waals surface area contributed by atoms with E-state index in [2.05, 4.69) is 21.3 Å². The fourth-order valence-corrected chi connectivity index (χ4v) is 3.19. The maximum absolute atomic E-state index is 12.3. The SMILES string of the molecule is CC.CC(C)NCC(=O)N(C)CC(=O)N(C)CC(=O)NCC(=O)N(C)CC(=O)N(C)CC(=O)NCC=O.CN(C)CC(=O)N(C)CC=O.CNCC(=O)O. The van der Waals surface area contributed by atoms with Gasteiger partial charge < -0.3 is 65.4 Å². The largest absolute Gasteiger partial charge is 0.480 e. The van der Waals surface area contributed by atoms with E-state index < -0.39 is 42.0 Å². The molecule has 312 valence electrons. The van der Waals surface area contributed by atoms with Gasteiger partial charge >= 0.3 is 5.97 Å². The third-order valence-corrected chi connectivity index (χ3v) is 6.24. The van der Waals surface area contributed by atoms with Crippen LogP contribution in [0.2, 0.25) is 0 Å². The van der Waals surface area contributed by atoms with Gasteiger partial charge in [-0.25, -0.2) is 0 Å². The minimum absolute atomic E-state index is 0.0397. The number of hydrogen-bond donors (Lipinski definition) is 5. The predicted molar refractivity (Wildman–Crippen MR) is 201 cm³/mol.